The maximum Gasteiger partial charge on any atom is 0.269 e. The monoisotopic (exact) mass is 533 g/mol. The van der Waals surface area contributed by atoms with Gasteiger partial charge in [0.1, 0.15) is 4.88 Å². The first kappa shape index (κ1) is 23.8. The summed E-state index contributed by atoms with van der Waals surface area (Å²) in [7, 11) is -2.46. The van der Waals surface area contributed by atoms with Crippen molar-refractivity contribution in [1.29, 1.82) is 0 Å². The Morgan fingerprint density at radius 3 is 2.44 bits per heavy atom. The van der Waals surface area contributed by atoms with Crippen LogP contribution in [-0.4, -0.2) is 36.7 Å². The first-order chi connectivity index (χ1) is 16.3. The number of ether oxygens (including phenoxy) is 1. The van der Waals surface area contributed by atoms with Crippen LogP contribution in [0.3, 0.4) is 0 Å². The van der Waals surface area contributed by atoms with Crippen LogP contribution < -0.4 is 20.1 Å². The molecule has 2 heterocycles. The highest BCUT2D eigenvalue weighted by molar-refractivity contribution is 7.92. The highest BCUT2D eigenvalue weighted by Crippen LogP contribution is 2.35. The third-order valence-corrected chi connectivity index (χ3v) is 7.73. The molecular weight excluding hydrogens is 518 g/mol. The van der Waals surface area contributed by atoms with Crippen molar-refractivity contribution in [3.63, 3.8) is 0 Å². The lowest BCUT2D eigenvalue weighted by Gasteiger charge is -2.11. The zero-order chi connectivity index (χ0) is 24.3. The van der Waals surface area contributed by atoms with Crippen LogP contribution in [0.1, 0.15) is 9.67 Å². The molecule has 0 atom stereocenters. The Morgan fingerprint density at radius 2 is 1.79 bits per heavy atom. The number of hydrogen-bond acceptors (Lipinski definition) is 8. The van der Waals surface area contributed by atoms with E-state index in [9.17, 15) is 13.2 Å². The molecule has 0 aliphatic carbocycles. The highest BCUT2D eigenvalue weighted by Gasteiger charge is 2.18. The maximum atomic E-state index is 12.6. The first-order valence-corrected chi connectivity index (χ1v) is 12.7. The first-order valence-electron chi connectivity index (χ1n) is 9.57. The molecule has 3 N–H and O–H groups in total. The van der Waals surface area contributed by atoms with Gasteiger partial charge in [-0.1, -0.05) is 29.8 Å². The number of methoxy groups -OCH3 is 1. The van der Waals surface area contributed by atoms with Gasteiger partial charge in [0.05, 0.1) is 17.0 Å². The molecule has 4 rings (SSSR count). The molecule has 2 aromatic heterocycles. The van der Waals surface area contributed by atoms with Crippen LogP contribution in [0.25, 0.3) is 10.1 Å². The minimum Gasteiger partial charge on any atom is -0.480 e. The number of benzene rings is 2. The summed E-state index contributed by atoms with van der Waals surface area (Å²) in [4.78, 5) is 13.0. The molecule has 0 radical (unpaired) electrons. The van der Waals surface area contributed by atoms with Crippen molar-refractivity contribution >= 4 is 77.8 Å². The Balaban J connectivity index is 1.40. The normalized spacial score (nSPS) is 11.1. The lowest BCUT2D eigenvalue weighted by molar-refractivity contribution is 0.0982. The molecule has 0 spiro atoms. The van der Waals surface area contributed by atoms with E-state index < -0.39 is 15.9 Å². The van der Waals surface area contributed by atoms with Gasteiger partial charge in [-0.15, -0.1) is 21.5 Å². The summed E-state index contributed by atoms with van der Waals surface area (Å²) in [5.41, 5.74) is 0.482. The quantitative estimate of drug-likeness (QED) is 0.314. The smallest absolute Gasteiger partial charge is 0.269 e. The summed E-state index contributed by atoms with van der Waals surface area (Å²) < 4.78 is 33.3. The number of nitrogens with one attached hydrogen (secondary N) is 3. The number of anilines is 2. The Morgan fingerprint density at radius 1 is 1.06 bits per heavy atom. The molecule has 0 unspecified atom stereocenters. The molecule has 0 aliphatic rings. The number of carbonyl (C=O) groups excluding carboxylic acids is 1. The van der Waals surface area contributed by atoms with E-state index in [1.54, 1.807) is 0 Å². The molecule has 34 heavy (non-hydrogen) atoms. The summed E-state index contributed by atoms with van der Waals surface area (Å²) >= 11 is 12.8. The largest absolute Gasteiger partial charge is 0.480 e. The van der Waals surface area contributed by atoms with E-state index in [0.717, 1.165) is 10.1 Å². The predicted molar refractivity (Wildman–Crippen MR) is 136 cm³/mol. The Labute approximate surface area is 209 Å². The number of fused-ring (bicyclic) bond motifs is 1. The van der Waals surface area contributed by atoms with E-state index >= 15 is 0 Å². The van der Waals surface area contributed by atoms with E-state index in [0.29, 0.717) is 15.6 Å². The number of rotatable bonds is 6. The minimum absolute atomic E-state index is 0.00248. The van der Waals surface area contributed by atoms with Gasteiger partial charge in [-0.3, -0.25) is 14.8 Å². The second kappa shape index (κ2) is 9.89. The number of thiophene rings is 1. The van der Waals surface area contributed by atoms with Gasteiger partial charge < -0.3 is 10.1 Å². The van der Waals surface area contributed by atoms with Crippen molar-refractivity contribution in [2.75, 3.05) is 17.1 Å². The Hall–Kier alpha value is -3.32. The van der Waals surface area contributed by atoms with E-state index in [1.165, 1.54) is 54.8 Å². The fourth-order valence-corrected chi connectivity index (χ4v) is 5.50. The molecule has 9 nitrogen and oxygen atoms in total. The Bertz CT molecular complexity index is 1470. The number of hydrogen-bond donors (Lipinski definition) is 3. The van der Waals surface area contributed by atoms with Crippen molar-refractivity contribution in [3.05, 3.63) is 70.6 Å². The van der Waals surface area contributed by atoms with E-state index in [2.05, 4.69) is 25.6 Å². The van der Waals surface area contributed by atoms with E-state index in [1.807, 2.05) is 24.3 Å². The molecule has 0 saturated carbocycles. The van der Waals surface area contributed by atoms with Gasteiger partial charge in [-0.2, -0.15) is 0 Å². The van der Waals surface area contributed by atoms with E-state index in [4.69, 9.17) is 28.6 Å². The highest BCUT2D eigenvalue weighted by atomic mass is 35.5. The Kier molecular flexibility index (Phi) is 6.93. The summed E-state index contributed by atoms with van der Waals surface area (Å²) in [5, 5.41) is 14.1. The summed E-state index contributed by atoms with van der Waals surface area (Å²) in [6.45, 7) is 0. The molecule has 0 fully saturated rings. The zero-order valence-corrected chi connectivity index (χ0v) is 20.6. The maximum absolute atomic E-state index is 12.6. The second-order valence-corrected chi connectivity index (χ2v) is 10.3. The predicted octanol–water partition coefficient (Wildman–Crippen LogP) is 4.28. The molecule has 174 valence electrons. The fourth-order valence-electron chi connectivity index (χ4n) is 2.88. The summed E-state index contributed by atoms with van der Waals surface area (Å²) in [6.07, 6.45) is 0. The SMILES string of the molecule is COc1ccc(NS(=O)(=O)c2ccc(NC(=S)NC(=O)c3sc4ccccc4c3Cl)cc2)nn1. The summed E-state index contributed by atoms with van der Waals surface area (Å²) in [6, 6.07) is 16.1. The van der Waals surface area contributed by atoms with Crippen LogP contribution in [0, 0.1) is 0 Å². The molecule has 4 aromatic rings. The van der Waals surface area contributed by atoms with Gasteiger partial charge >= 0.3 is 0 Å². The van der Waals surface area contributed by atoms with Gasteiger partial charge in [0.15, 0.2) is 10.9 Å². The van der Waals surface area contributed by atoms with Gasteiger partial charge in [-0.25, -0.2) is 8.42 Å². The standard InChI is InChI=1S/C21H16ClN5O4S3/c1-31-17-11-10-16(25-26-17)27-34(29,30)13-8-6-12(7-9-13)23-21(32)24-20(28)19-18(22)14-4-2-3-5-15(14)33-19/h2-11H,1H3,(H,25,27)(H2,23,24,28,32). The van der Waals surface area contributed by atoms with Gasteiger partial charge in [0, 0.05) is 21.8 Å². The molecule has 2 aromatic carbocycles. The van der Waals surface area contributed by atoms with Crippen molar-refractivity contribution in [3.8, 4) is 5.88 Å². The third kappa shape index (κ3) is 5.25. The average Bonchev–Trinajstić information content (AvgIpc) is 3.16. The average molecular weight is 534 g/mol. The fraction of sp³-hybridized carbons (Fsp3) is 0.0476. The van der Waals surface area contributed by atoms with Crippen LogP contribution in [0.5, 0.6) is 5.88 Å². The van der Waals surface area contributed by atoms with Gasteiger partial charge in [0.25, 0.3) is 15.9 Å². The van der Waals surface area contributed by atoms with Crippen molar-refractivity contribution in [1.82, 2.24) is 15.5 Å². The number of sulfonamides is 1. The van der Waals surface area contributed by atoms with Crippen molar-refractivity contribution < 1.29 is 17.9 Å². The number of aromatic nitrogens is 2. The molecule has 0 bridgehead atoms. The number of amides is 1. The van der Waals surface area contributed by atoms with Crippen LogP contribution in [-0.2, 0) is 10.0 Å². The number of halogens is 1. The van der Waals surface area contributed by atoms with Crippen LogP contribution in [0.15, 0.2) is 65.6 Å². The third-order valence-electron chi connectivity index (χ3n) is 4.48. The van der Waals surface area contributed by atoms with E-state index in [-0.39, 0.29) is 21.7 Å². The number of thiocarbonyl (C=S) groups is 1. The topological polar surface area (TPSA) is 122 Å². The van der Waals surface area contributed by atoms with Crippen molar-refractivity contribution in [2.45, 2.75) is 4.90 Å². The second-order valence-electron chi connectivity index (χ2n) is 6.74. The lowest BCUT2D eigenvalue weighted by atomic mass is 10.2. The molecular formula is C21H16ClN5O4S3. The molecule has 1 amide bonds. The number of nitrogens with zero attached hydrogens (tertiary/aromatic N) is 2. The number of carbonyl (C=O) groups is 1. The van der Waals surface area contributed by atoms with Crippen LogP contribution >= 0.6 is 35.2 Å². The summed E-state index contributed by atoms with van der Waals surface area (Å²) in [5.74, 6) is -0.129. The molecule has 0 saturated heterocycles. The lowest BCUT2D eigenvalue weighted by Crippen LogP contribution is -2.33. The van der Waals surface area contributed by atoms with Crippen LogP contribution in [0.2, 0.25) is 5.02 Å². The minimum atomic E-state index is -3.89. The van der Waals surface area contributed by atoms with Crippen LogP contribution in [0.4, 0.5) is 11.5 Å². The molecule has 0 aliphatic heterocycles. The van der Waals surface area contributed by atoms with Crippen molar-refractivity contribution in [2.24, 2.45) is 0 Å². The molecule has 13 heteroatoms. The van der Waals surface area contributed by atoms with Gasteiger partial charge in [0.2, 0.25) is 5.88 Å². The van der Waals surface area contributed by atoms with Gasteiger partial charge in [-0.05, 0) is 48.6 Å². The zero-order valence-electron chi connectivity index (χ0n) is 17.4.